The zero-order chi connectivity index (χ0) is 9.80. The summed E-state index contributed by atoms with van der Waals surface area (Å²) in [4.78, 5) is 2.49. The lowest BCUT2D eigenvalue weighted by atomic mass is 10.2. The van der Waals surface area contributed by atoms with Crippen LogP contribution < -0.4 is 10.2 Å². The van der Waals surface area contributed by atoms with Crippen LogP contribution in [0.25, 0.3) is 0 Å². The normalized spacial score (nSPS) is 21.1. The van der Waals surface area contributed by atoms with E-state index in [2.05, 4.69) is 47.5 Å². The number of nitrogens with one attached hydrogen (secondary N) is 1. The van der Waals surface area contributed by atoms with Gasteiger partial charge in [-0.25, -0.2) is 0 Å². The number of rotatable bonds is 3. The highest BCUT2D eigenvalue weighted by Gasteiger charge is 2.20. The van der Waals surface area contributed by atoms with Crippen molar-refractivity contribution < 1.29 is 0 Å². The van der Waals surface area contributed by atoms with Crippen LogP contribution in [0.3, 0.4) is 0 Å². The molecule has 1 aromatic carbocycles. The van der Waals surface area contributed by atoms with Crippen LogP contribution in [0, 0.1) is 0 Å². The van der Waals surface area contributed by atoms with Gasteiger partial charge in [-0.2, -0.15) is 0 Å². The Hall–Kier alpha value is -1.02. The van der Waals surface area contributed by atoms with Crippen molar-refractivity contribution in [2.24, 2.45) is 0 Å². The molecule has 1 heterocycles. The smallest absolute Gasteiger partial charge is 0.0426 e. The molecule has 0 aromatic heterocycles. The summed E-state index contributed by atoms with van der Waals surface area (Å²) < 4.78 is 0. The van der Waals surface area contributed by atoms with Crippen molar-refractivity contribution in [3.63, 3.8) is 0 Å². The average Bonchev–Trinajstić information content (AvgIpc) is 2.74. The van der Waals surface area contributed by atoms with Gasteiger partial charge in [0, 0.05) is 24.8 Å². The van der Waals surface area contributed by atoms with Gasteiger partial charge in [-0.1, -0.05) is 18.2 Å². The van der Waals surface area contributed by atoms with Crippen molar-refractivity contribution in [3.8, 4) is 0 Å². The molecule has 1 saturated heterocycles. The number of nitrogens with zero attached hydrogens (tertiary/aromatic N) is 1. The molecular weight excluding hydrogens is 172 g/mol. The van der Waals surface area contributed by atoms with Crippen molar-refractivity contribution >= 4 is 5.69 Å². The van der Waals surface area contributed by atoms with Gasteiger partial charge in [0.1, 0.15) is 0 Å². The second-order valence-electron chi connectivity index (χ2n) is 3.77. The summed E-state index contributed by atoms with van der Waals surface area (Å²) in [7, 11) is 0. The van der Waals surface area contributed by atoms with Gasteiger partial charge in [-0.05, 0) is 32.0 Å². The molecule has 1 N–H and O–H groups in total. The highest BCUT2D eigenvalue weighted by molar-refractivity contribution is 5.47. The molecule has 0 aliphatic carbocycles. The third-order valence-electron chi connectivity index (χ3n) is 2.90. The van der Waals surface area contributed by atoms with Gasteiger partial charge in [0.15, 0.2) is 0 Å². The molecule has 2 nitrogen and oxygen atoms in total. The summed E-state index contributed by atoms with van der Waals surface area (Å²) in [5, 5.41) is 3.42. The summed E-state index contributed by atoms with van der Waals surface area (Å²) >= 11 is 0. The van der Waals surface area contributed by atoms with Gasteiger partial charge in [0.2, 0.25) is 0 Å². The fourth-order valence-corrected chi connectivity index (χ4v) is 2.18. The molecule has 2 heteroatoms. The summed E-state index contributed by atoms with van der Waals surface area (Å²) in [5.41, 5.74) is 1.35. The minimum absolute atomic E-state index is 0.683. The first-order chi connectivity index (χ1) is 6.92. The Kier molecular flexibility index (Phi) is 3.04. The minimum atomic E-state index is 0.683. The SMILES string of the molecule is CCN(c1ccccc1)C1CCNC1. The maximum Gasteiger partial charge on any atom is 0.0426 e. The maximum absolute atomic E-state index is 3.42. The van der Waals surface area contributed by atoms with Crippen molar-refractivity contribution in [2.45, 2.75) is 19.4 Å². The Morgan fingerprint density at radius 2 is 2.14 bits per heavy atom. The Morgan fingerprint density at radius 1 is 1.36 bits per heavy atom. The van der Waals surface area contributed by atoms with Crippen LogP contribution in [0.5, 0.6) is 0 Å². The second-order valence-corrected chi connectivity index (χ2v) is 3.77. The molecule has 14 heavy (non-hydrogen) atoms. The van der Waals surface area contributed by atoms with Crippen LogP contribution in [0.1, 0.15) is 13.3 Å². The molecule has 0 amide bonds. The zero-order valence-corrected chi connectivity index (χ0v) is 8.74. The van der Waals surface area contributed by atoms with Gasteiger partial charge < -0.3 is 10.2 Å². The molecular formula is C12H18N2. The number of hydrogen-bond acceptors (Lipinski definition) is 2. The lowest BCUT2D eigenvalue weighted by Gasteiger charge is -2.29. The van der Waals surface area contributed by atoms with Crippen LogP contribution >= 0.6 is 0 Å². The van der Waals surface area contributed by atoms with Crippen molar-refractivity contribution in [1.29, 1.82) is 0 Å². The van der Waals surface area contributed by atoms with Gasteiger partial charge >= 0.3 is 0 Å². The number of likely N-dealkylation sites (N-methyl/N-ethyl adjacent to an activating group) is 1. The Labute approximate surface area is 85.9 Å². The maximum atomic E-state index is 3.42. The van der Waals surface area contributed by atoms with E-state index in [4.69, 9.17) is 0 Å². The molecule has 0 bridgehead atoms. The summed E-state index contributed by atoms with van der Waals surface area (Å²) in [5.74, 6) is 0. The predicted molar refractivity (Wildman–Crippen MR) is 60.7 cm³/mol. The molecule has 1 aliphatic rings. The van der Waals surface area contributed by atoms with Crippen molar-refractivity contribution in [3.05, 3.63) is 30.3 Å². The molecule has 2 rings (SSSR count). The first-order valence-corrected chi connectivity index (χ1v) is 5.44. The lowest BCUT2D eigenvalue weighted by molar-refractivity contribution is 0.648. The fraction of sp³-hybridized carbons (Fsp3) is 0.500. The van der Waals surface area contributed by atoms with Crippen LogP contribution in [0.15, 0.2) is 30.3 Å². The summed E-state index contributed by atoms with van der Waals surface area (Å²) in [6, 6.07) is 11.4. The van der Waals surface area contributed by atoms with Gasteiger partial charge in [-0.15, -0.1) is 0 Å². The Bertz CT molecular complexity index is 265. The number of para-hydroxylation sites is 1. The first kappa shape index (κ1) is 9.53. The number of benzene rings is 1. The van der Waals surface area contributed by atoms with Gasteiger partial charge in [0.05, 0.1) is 0 Å². The largest absolute Gasteiger partial charge is 0.367 e. The van der Waals surface area contributed by atoms with E-state index in [-0.39, 0.29) is 0 Å². The fourth-order valence-electron chi connectivity index (χ4n) is 2.18. The monoisotopic (exact) mass is 190 g/mol. The van der Waals surface area contributed by atoms with E-state index in [9.17, 15) is 0 Å². The molecule has 1 aromatic rings. The Balaban J connectivity index is 2.12. The third kappa shape index (κ3) is 1.90. The quantitative estimate of drug-likeness (QED) is 0.783. The number of anilines is 1. The topological polar surface area (TPSA) is 15.3 Å². The molecule has 1 aliphatic heterocycles. The van der Waals surface area contributed by atoms with E-state index in [0.29, 0.717) is 6.04 Å². The van der Waals surface area contributed by atoms with Crippen LogP contribution in [-0.2, 0) is 0 Å². The summed E-state index contributed by atoms with van der Waals surface area (Å²) in [6.45, 7) is 5.61. The van der Waals surface area contributed by atoms with Gasteiger partial charge in [0.25, 0.3) is 0 Å². The Morgan fingerprint density at radius 3 is 2.71 bits per heavy atom. The number of hydrogen-bond donors (Lipinski definition) is 1. The summed E-state index contributed by atoms with van der Waals surface area (Å²) in [6.07, 6.45) is 1.27. The van der Waals surface area contributed by atoms with E-state index in [1.165, 1.54) is 12.1 Å². The average molecular weight is 190 g/mol. The van der Waals surface area contributed by atoms with Crippen LogP contribution in [-0.4, -0.2) is 25.7 Å². The van der Waals surface area contributed by atoms with E-state index < -0.39 is 0 Å². The van der Waals surface area contributed by atoms with E-state index in [1.54, 1.807) is 0 Å². The molecule has 76 valence electrons. The molecule has 1 unspecified atom stereocenters. The highest BCUT2D eigenvalue weighted by Crippen LogP contribution is 2.19. The molecule has 0 saturated carbocycles. The van der Waals surface area contributed by atoms with E-state index in [1.807, 2.05) is 0 Å². The van der Waals surface area contributed by atoms with Gasteiger partial charge in [-0.3, -0.25) is 0 Å². The predicted octanol–water partition coefficient (Wildman–Crippen LogP) is 1.87. The zero-order valence-electron chi connectivity index (χ0n) is 8.74. The molecule has 1 atom stereocenters. The van der Waals surface area contributed by atoms with Crippen molar-refractivity contribution in [2.75, 3.05) is 24.5 Å². The second kappa shape index (κ2) is 4.47. The molecule has 1 fully saturated rings. The van der Waals surface area contributed by atoms with E-state index in [0.717, 1.165) is 19.6 Å². The highest BCUT2D eigenvalue weighted by atomic mass is 15.2. The standard InChI is InChI=1S/C12H18N2/c1-2-14(12-8-9-13-10-12)11-6-4-3-5-7-11/h3-7,12-13H,2,8-10H2,1H3. The third-order valence-corrected chi connectivity index (χ3v) is 2.90. The van der Waals surface area contributed by atoms with Crippen LogP contribution in [0.2, 0.25) is 0 Å². The van der Waals surface area contributed by atoms with Crippen LogP contribution in [0.4, 0.5) is 5.69 Å². The van der Waals surface area contributed by atoms with Crippen molar-refractivity contribution in [1.82, 2.24) is 5.32 Å². The van der Waals surface area contributed by atoms with E-state index >= 15 is 0 Å². The first-order valence-electron chi connectivity index (χ1n) is 5.44. The molecule has 0 radical (unpaired) electrons. The lowest BCUT2D eigenvalue weighted by Crippen LogP contribution is -2.36. The molecule has 0 spiro atoms. The minimum Gasteiger partial charge on any atom is -0.367 e.